The van der Waals surface area contributed by atoms with E-state index in [1.54, 1.807) is 12.1 Å². The number of aliphatic hydroxyl groups excluding tert-OH is 1. The van der Waals surface area contributed by atoms with Crippen LogP contribution in [0.25, 0.3) is 0 Å². The lowest BCUT2D eigenvalue weighted by molar-refractivity contribution is -0.384. The predicted octanol–water partition coefficient (Wildman–Crippen LogP) is 0.462. The molecule has 2 rings (SSSR count). The average molecular weight is 296 g/mol. The lowest BCUT2D eigenvalue weighted by Gasteiger charge is -2.36. The van der Waals surface area contributed by atoms with Crippen molar-refractivity contribution in [3.8, 4) is 0 Å². The maximum absolute atomic E-state index is 11.0. The molecule has 21 heavy (non-hydrogen) atoms. The van der Waals surface area contributed by atoms with E-state index >= 15 is 0 Å². The van der Waals surface area contributed by atoms with Crippen LogP contribution >= 0.6 is 0 Å². The number of nitro benzene ring substituents is 1. The van der Waals surface area contributed by atoms with Crippen LogP contribution in [0.1, 0.15) is 12.5 Å². The van der Waals surface area contributed by atoms with Crippen molar-refractivity contribution >= 4 is 11.4 Å². The minimum absolute atomic E-state index is 0.00360. The van der Waals surface area contributed by atoms with Crippen LogP contribution in [0.3, 0.4) is 0 Å². The molecule has 0 aliphatic carbocycles. The summed E-state index contributed by atoms with van der Waals surface area (Å²) in [5.41, 5.74) is 3.45. The number of anilines is 1. The summed E-state index contributed by atoms with van der Waals surface area (Å²) < 4.78 is 5.58. The molecule has 2 atom stereocenters. The highest BCUT2D eigenvalue weighted by Crippen LogP contribution is 2.29. The topological polar surface area (TPSA) is 114 Å². The minimum Gasteiger partial charge on any atom is -0.394 e. The van der Waals surface area contributed by atoms with Crippen molar-refractivity contribution in [1.29, 1.82) is 0 Å². The third-order valence-corrected chi connectivity index (χ3v) is 3.47. The van der Waals surface area contributed by atoms with Crippen LogP contribution in [-0.4, -0.2) is 46.8 Å². The van der Waals surface area contributed by atoms with Crippen LogP contribution in [0.5, 0.6) is 0 Å². The second-order valence-electron chi connectivity index (χ2n) is 5.16. The third kappa shape index (κ3) is 3.67. The number of nitro groups is 1. The first kappa shape index (κ1) is 15.6. The molecule has 1 heterocycles. The Hall–Kier alpha value is -1.74. The zero-order chi connectivity index (χ0) is 15.4. The van der Waals surface area contributed by atoms with Crippen molar-refractivity contribution in [1.82, 2.24) is 4.90 Å². The second-order valence-corrected chi connectivity index (χ2v) is 5.16. The molecule has 0 bridgehead atoms. The molecule has 0 amide bonds. The number of aliphatic hydroxyl groups is 1. The first-order valence-corrected chi connectivity index (χ1v) is 6.76. The number of nitrogens with two attached hydrogens (primary N) is 1. The number of benzene rings is 1. The number of nitrogens with zero attached hydrogens (tertiary/aromatic N) is 2. The summed E-state index contributed by atoms with van der Waals surface area (Å²) >= 11 is 0. The van der Waals surface area contributed by atoms with Crippen LogP contribution in [0.2, 0.25) is 0 Å². The van der Waals surface area contributed by atoms with Gasteiger partial charge in [-0.15, -0.1) is 0 Å². The fourth-order valence-corrected chi connectivity index (χ4v) is 2.65. The zero-order valence-corrected chi connectivity index (χ0v) is 11.9. The fraction of sp³-hybridized carbons (Fsp3) is 0.538. The van der Waals surface area contributed by atoms with Crippen LogP contribution in [0.15, 0.2) is 18.2 Å². The van der Waals surface area contributed by atoms with Crippen molar-refractivity contribution in [3.05, 3.63) is 33.9 Å². The Kier molecular flexibility index (Phi) is 5.07. The Balaban J connectivity index is 2.19. The van der Waals surface area contributed by atoms with Crippen molar-refractivity contribution in [3.63, 3.8) is 0 Å². The Bertz CT molecular complexity index is 511. The molecule has 116 valence electrons. The second kappa shape index (κ2) is 6.81. The molecule has 1 aromatic carbocycles. The monoisotopic (exact) mass is 296 g/mol. The Labute approximate surface area is 122 Å². The largest absolute Gasteiger partial charge is 0.394 e. The van der Waals surface area contributed by atoms with Gasteiger partial charge < -0.3 is 15.3 Å². The molecule has 1 fully saturated rings. The molecule has 4 N–H and O–H groups in total. The number of hydrogen-bond acceptors (Lipinski definition) is 7. The number of nitrogens with one attached hydrogen (secondary N) is 1. The summed E-state index contributed by atoms with van der Waals surface area (Å²) in [6.45, 7) is 3.67. The molecule has 8 nitrogen and oxygen atoms in total. The van der Waals surface area contributed by atoms with E-state index in [9.17, 15) is 15.2 Å². The predicted molar refractivity (Wildman–Crippen MR) is 77.6 cm³/mol. The highest BCUT2D eigenvalue weighted by Gasteiger charge is 2.26. The maximum atomic E-state index is 11.0. The summed E-state index contributed by atoms with van der Waals surface area (Å²) in [6, 6.07) is 4.86. The van der Waals surface area contributed by atoms with Crippen molar-refractivity contribution in [2.24, 2.45) is 5.84 Å². The molecule has 8 heteroatoms. The summed E-state index contributed by atoms with van der Waals surface area (Å²) in [5.74, 6) is 5.44. The molecule has 1 aromatic rings. The highest BCUT2D eigenvalue weighted by molar-refractivity contribution is 5.65. The normalized spacial score (nSPS) is 23.0. The molecule has 1 aliphatic rings. The van der Waals surface area contributed by atoms with Crippen molar-refractivity contribution in [2.75, 3.05) is 25.1 Å². The van der Waals surface area contributed by atoms with E-state index in [1.165, 1.54) is 6.07 Å². The van der Waals surface area contributed by atoms with Crippen LogP contribution < -0.4 is 11.3 Å². The number of rotatable bonds is 5. The molecule has 0 radical (unpaired) electrons. The molecule has 2 unspecified atom stereocenters. The standard InChI is InChI=1S/C13H20N4O4/c1-9-5-16(7-11(8-18)21-9)6-10-3-2-4-12(17(19)20)13(10)15-14/h2-4,9,11,15,18H,5-8,14H2,1H3. The Morgan fingerprint density at radius 3 is 2.95 bits per heavy atom. The Morgan fingerprint density at radius 1 is 1.57 bits per heavy atom. The van der Waals surface area contributed by atoms with Crippen LogP contribution in [0, 0.1) is 10.1 Å². The van der Waals surface area contributed by atoms with E-state index in [2.05, 4.69) is 10.3 Å². The van der Waals surface area contributed by atoms with Gasteiger partial charge in [-0.25, -0.2) is 0 Å². The first-order valence-electron chi connectivity index (χ1n) is 6.76. The molecule has 0 saturated carbocycles. The van der Waals surface area contributed by atoms with Gasteiger partial charge in [-0.2, -0.15) is 0 Å². The first-order chi connectivity index (χ1) is 10.0. The SMILES string of the molecule is CC1CN(Cc2cccc([N+](=O)[O-])c2NN)CC(CO)O1. The van der Waals surface area contributed by atoms with E-state index in [1.807, 2.05) is 6.92 Å². The van der Waals surface area contributed by atoms with Gasteiger partial charge in [-0.1, -0.05) is 12.1 Å². The van der Waals surface area contributed by atoms with Crippen molar-refractivity contribution in [2.45, 2.75) is 25.7 Å². The van der Waals surface area contributed by atoms with Gasteiger partial charge in [0.25, 0.3) is 5.69 Å². The molecule has 1 aliphatic heterocycles. The van der Waals surface area contributed by atoms with Gasteiger partial charge >= 0.3 is 0 Å². The van der Waals surface area contributed by atoms with Gasteiger partial charge in [0.1, 0.15) is 5.69 Å². The highest BCUT2D eigenvalue weighted by atomic mass is 16.6. The number of hydrazine groups is 1. The smallest absolute Gasteiger partial charge is 0.293 e. The number of para-hydroxylation sites is 1. The average Bonchev–Trinajstić information content (AvgIpc) is 2.46. The summed E-state index contributed by atoms with van der Waals surface area (Å²) in [6.07, 6.45) is -0.231. The van der Waals surface area contributed by atoms with Gasteiger partial charge in [-0.05, 0) is 12.5 Å². The van der Waals surface area contributed by atoms with Gasteiger partial charge in [0, 0.05) is 25.7 Å². The zero-order valence-electron chi connectivity index (χ0n) is 11.9. The third-order valence-electron chi connectivity index (χ3n) is 3.47. The summed E-state index contributed by atoms with van der Waals surface area (Å²) in [7, 11) is 0. The molecule has 0 aromatic heterocycles. The summed E-state index contributed by atoms with van der Waals surface area (Å²) in [4.78, 5) is 12.6. The van der Waals surface area contributed by atoms with E-state index in [-0.39, 0.29) is 24.5 Å². The van der Waals surface area contributed by atoms with Crippen molar-refractivity contribution < 1.29 is 14.8 Å². The maximum Gasteiger partial charge on any atom is 0.293 e. The minimum atomic E-state index is -0.461. The van der Waals surface area contributed by atoms with Gasteiger partial charge in [-0.3, -0.25) is 20.9 Å². The van der Waals surface area contributed by atoms with Gasteiger partial charge in [0.2, 0.25) is 0 Å². The molecular weight excluding hydrogens is 276 g/mol. The van der Waals surface area contributed by atoms with Crippen LogP contribution in [-0.2, 0) is 11.3 Å². The fourth-order valence-electron chi connectivity index (χ4n) is 2.65. The van der Waals surface area contributed by atoms with E-state index in [0.29, 0.717) is 25.3 Å². The quantitative estimate of drug-likeness (QED) is 0.411. The molecular formula is C13H20N4O4. The number of hydrogen-bond donors (Lipinski definition) is 3. The summed E-state index contributed by atoms with van der Waals surface area (Å²) in [5, 5.41) is 20.3. The molecule has 0 spiro atoms. The van der Waals surface area contributed by atoms with E-state index < -0.39 is 4.92 Å². The van der Waals surface area contributed by atoms with Crippen LogP contribution in [0.4, 0.5) is 11.4 Å². The van der Waals surface area contributed by atoms with E-state index in [4.69, 9.17) is 10.6 Å². The van der Waals surface area contributed by atoms with Gasteiger partial charge in [0.05, 0.1) is 23.7 Å². The van der Waals surface area contributed by atoms with Gasteiger partial charge in [0.15, 0.2) is 0 Å². The lowest BCUT2D eigenvalue weighted by atomic mass is 10.1. The Morgan fingerprint density at radius 2 is 2.33 bits per heavy atom. The number of morpholine rings is 1. The van der Waals surface area contributed by atoms with E-state index in [0.717, 1.165) is 5.56 Å². The molecule has 1 saturated heterocycles. The lowest BCUT2D eigenvalue weighted by Crippen LogP contribution is -2.47. The number of ether oxygens (including phenoxy) is 1. The number of nitrogen functional groups attached to an aromatic ring is 1.